The van der Waals surface area contributed by atoms with Crippen molar-refractivity contribution < 1.29 is 14.3 Å². The molecule has 1 aliphatic rings. The molecule has 0 saturated carbocycles. The summed E-state index contributed by atoms with van der Waals surface area (Å²) in [5, 5.41) is 0.811. The molecule has 0 radical (unpaired) electrons. The van der Waals surface area contributed by atoms with Crippen molar-refractivity contribution in [2.75, 3.05) is 32.8 Å². The molecular weight excluding hydrogens is 310 g/mol. The highest BCUT2D eigenvalue weighted by molar-refractivity contribution is 5.97. The number of aromatic amines is 1. The summed E-state index contributed by atoms with van der Waals surface area (Å²) < 4.78 is 4.96. The lowest BCUT2D eigenvalue weighted by Crippen LogP contribution is -2.51. The lowest BCUT2D eigenvalue weighted by molar-refractivity contribution is 0.0569. The zero-order valence-electron chi connectivity index (χ0n) is 13.4. The Morgan fingerprint density at radius 3 is 2.50 bits per heavy atom. The van der Waals surface area contributed by atoms with Crippen LogP contribution >= 0.6 is 0 Å². The molecule has 7 heteroatoms. The van der Waals surface area contributed by atoms with E-state index < -0.39 is 5.56 Å². The van der Waals surface area contributed by atoms with Gasteiger partial charge >= 0.3 is 6.09 Å². The standard InChI is InChI=1S/C17H19N3O4/c1-2-24-17(23)20-9-7-19(8-10-20)16(22)13-11-12-5-3-4-6-14(12)18-15(13)21/h3-6,11H,2,7-10H2,1H3,(H,18,21). The van der Waals surface area contributed by atoms with E-state index in [1.54, 1.807) is 28.9 Å². The zero-order valence-corrected chi connectivity index (χ0v) is 13.4. The Labute approximate surface area is 138 Å². The third-order valence-corrected chi connectivity index (χ3v) is 4.08. The Hall–Kier alpha value is -2.83. The molecule has 0 aliphatic carbocycles. The Balaban J connectivity index is 1.75. The molecule has 1 fully saturated rings. The number of hydrogen-bond acceptors (Lipinski definition) is 4. The van der Waals surface area contributed by atoms with E-state index in [1.807, 2.05) is 18.2 Å². The normalized spacial score (nSPS) is 14.7. The summed E-state index contributed by atoms with van der Waals surface area (Å²) in [6, 6.07) is 8.94. The second-order valence-electron chi connectivity index (χ2n) is 5.58. The predicted octanol–water partition coefficient (Wildman–Crippen LogP) is 1.44. The molecule has 2 heterocycles. The van der Waals surface area contributed by atoms with E-state index in [9.17, 15) is 14.4 Å². The third kappa shape index (κ3) is 3.10. The molecule has 24 heavy (non-hydrogen) atoms. The van der Waals surface area contributed by atoms with E-state index in [1.165, 1.54) is 0 Å². The van der Waals surface area contributed by atoms with Crippen molar-refractivity contribution in [2.24, 2.45) is 0 Å². The van der Waals surface area contributed by atoms with Crippen molar-refractivity contribution in [3.63, 3.8) is 0 Å². The number of aromatic nitrogens is 1. The van der Waals surface area contributed by atoms with Crippen LogP contribution in [0.3, 0.4) is 0 Å². The number of H-pyrrole nitrogens is 1. The number of piperazine rings is 1. The Morgan fingerprint density at radius 2 is 1.79 bits per heavy atom. The first kappa shape index (κ1) is 16.0. The number of carbonyl (C=O) groups is 2. The first-order valence-corrected chi connectivity index (χ1v) is 7.93. The van der Waals surface area contributed by atoms with Gasteiger partial charge < -0.3 is 19.5 Å². The smallest absolute Gasteiger partial charge is 0.409 e. The molecule has 2 amide bonds. The van der Waals surface area contributed by atoms with Crippen LogP contribution in [0.25, 0.3) is 10.9 Å². The molecule has 3 rings (SSSR count). The molecule has 1 aromatic heterocycles. The third-order valence-electron chi connectivity index (χ3n) is 4.08. The van der Waals surface area contributed by atoms with E-state index in [0.29, 0.717) is 38.3 Å². The fourth-order valence-corrected chi connectivity index (χ4v) is 2.78. The van der Waals surface area contributed by atoms with Crippen LogP contribution in [0.2, 0.25) is 0 Å². The Kier molecular flexibility index (Phi) is 4.50. The maximum absolute atomic E-state index is 12.6. The number of ether oxygens (including phenoxy) is 1. The van der Waals surface area contributed by atoms with Crippen LogP contribution < -0.4 is 5.56 Å². The van der Waals surface area contributed by atoms with Crippen molar-refractivity contribution >= 4 is 22.9 Å². The van der Waals surface area contributed by atoms with Gasteiger partial charge in [0.25, 0.3) is 11.5 Å². The molecule has 1 aromatic carbocycles. The SMILES string of the molecule is CCOC(=O)N1CCN(C(=O)c2cc3ccccc3[nH]c2=O)CC1. The van der Waals surface area contributed by atoms with E-state index in [2.05, 4.69) is 4.98 Å². The molecule has 7 nitrogen and oxygen atoms in total. The van der Waals surface area contributed by atoms with Gasteiger partial charge in [0.1, 0.15) is 5.56 Å². The monoisotopic (exact) mass is 329 g/mol. The van der Waals surface area contributed by atoms with Gasteiger partial charge in [-0.15, -0.1) is 0 Å². The maximum atomic E-state index is 12.6. The van der Waals surface area contributed by atoms with Crippen molar-refractivity contribution in [2.45, 2.75) is 6.92 Å². The molecule has 1 saturated heterocycles. The number of amides is 2. The fraction of sp³-hybridized carbons (Fsp3) is 0.353. The average Bonchev–Trinajstić information content (AvgIpc) is 2.61. The molecule has 126 valence electrons. The highest BCUT2D eigenvalue weighted by Gasteiger charge is 2.26. The highest BCUT2D eigenvalue weighted by atomic mass is 16.6. The van der Waals surface area contributed by atoms with Gasteiger partial charge in [0.2, 0.25) is 0 Å². The molecule has 0 atom stereocenters. The molecule has 0 bridgehead atoms. The molecule has 0 spiro atoms. The quantitative estimate of drug-likeness (QED) is 0.904. The number of nitrogens with zero attached hydrogens (tertiary/aromatic N) is 2. The van der Waals surface area contributed by atoms with Crippen molar-refractivity contribution in [1.29, 1.82) is 0 Å². The van der Waals surface area contributed by atoms with Crippen molar-refractivity contribution in [3.8, 4) is 0 Å². The fourth-order valence-electron chi connectivity index (χ4n) is 2.78. The second-order valence-corrected chi connectivity index (χ2v) is 5.58. The summed E-state index contributed by atoms with van der Waals surface area (Å²) in [6.45, 7) is 3.63. The minimum atomic E-state index is -0.397. The summed E-state index contributed by atoms with van der Waals surface area (Å²) >= 11 is 0. The van der Waals surface area contributed by atoms with Gasteiger partial charge in [-0.3, -0.25) is 9.59 Å². The lowest BCUT2D eigenvalue weighted by Gasteiger charge is -2.33. The number of hydrogen-bond donors (Lipinski definition) is 1. The van der Waals surface area contributed by atoms with Crippen LogP contribution in [-0.2, 0) is 4.74 Å². The van der Waals surface area contributed by atoms with E-state index in [4.69, 9.17) is 4.74 Å². The van der Waals surface area contributed by atoms with Crippen LogP contribution in [0.5, 0.6) is 0 Å². The maximum Gasteiger partial charge on any atom is 0.409 e. The average molecular weight is 329 g/mol. The van der Waals surface area contributed by atoms with Crippen LogP contribution in [0.4, 0.5) is 4.79 Å². The van der Waals surface area contributed by atoms with Gasteiger partial charge in [0.15, 0.2) is 0 Å². The Bertz CT molecular complexity index is 822. The van der Waals surface area contributed by atoms with Gasteiger partial charge in [-0.1, -0.05) is 18.2 Å². The number of rotatable bonds is 2. The molecule has 0 unspecified atom stereocenters. The predicted molar refractivity (Wildman–Crippen MR) is 89.1 cm³/mol. The van der Waals surface area contributed by atoms with Crippen LogP contribution in [0.15, 0.2) is 35.1 Å². The molecular formula is C17H19N3O4. The molecule has 1 N–H and O–H groups in total. The summed E-state index contributed by atoms with van der Waals surface area (Å²) in [4.78, 5) is 42.4. The van der Waals surface area contributed by atoms with Crippen LogP contribution in [0.1, 0.15) is 17.3 Å². The zero-order chi connectivity index (χ0) is 17.1. The first-order chi connectivity index (χ1) is 11.6. The van der Waals surface area contributed by atoms with Crippen molar-refractivity contribution in [1.82, 2.24) is 14.8 Å². The number of para-hydroxylation sites is 1. The van der Waals surface area contributed by atoms with Gasteiger partial charge in [0.05, 0.1) is 6.61 Å². The summed E-state index contributed by atoms with van der Waals surface area (Å²) in [6.07, 6.45) is -0.367. The number of carbonyl (C=O) groups excluding carboxylic acids is 2. The number of benzene rings is 1. The molecule has 2 aromatic rings. The summed E-state index contributed by atoms with van der Waals surface area (Å²) in [5.41, 5.74) is 0.427. The summed E-state index contributed by atoms with van der Waals surface area (Å²) in [5.74, 6) is -0.314. The number of nitrogens with one attached hydrogen (secondary N) is 1. The minimum Gasteiger partial charge on any atom is -0.450 e. The van der Waals surface area contributed by atoms with E-state index in [0.717, 1.165) is 5.39 Å². The topological polar surface area (TPSA) is 82.7 Å². The largest absolute Gasteiger partial charge is 0.450 e. The molecule has 1 aliphatic heterocycles. The van der Waals surface area contributed by atoms with E-state index in [-0.39, 0.29) is 17.6 Å². The van der Waals surface area contributed by atoms with Gasteiger partial charge in [0, 0.05) is 31.7 Å². The second kappa shape index (κ2) is 6.74. The first-order valence-electron chi connectivity index (χ1n) is 7.93. The van der Waals surface area contributed by atoms with Crippen LogP contribution in [-0.4, -0.2) is 59.6 Å². The van der Waals surface area contributed by atoms with Crippen molar-refractivity contribution in [3.05, 3.63) is 46.2 Å². The van der Waals surface area contributed by atoms with E-state index >= 15 is 0 Å². The lowest BCUT2D eigenvalue weighted by atomic mass is 10.1. The Morgan fingerprint density at radius 1 is 1.12 bits per heavy atom. The number of pyridine rings is 1. The highest BCUT2D eigenvalue weighted by Crippen LogP contribution is 2.13. The number of fused-ring (bicyclic) bond motifs is 1. The van der Waals surface area contributed by atoms with Gasteiger partial charge in [-0.25, -0.2) is 4.79 Å². The van der Waals surface area contributed by atoms with Gasteiger partial charge in [-0.2, -0.15) is 0 Å². The minimum absolute atomic E-state index is 0.123. The van der Waals surface area contributed by atoms with Crippen LogP contribution in [0, 0.1) is 0 Å². The van der Waals surface area contributed by atoms with Gasteiger partial charge in [-0.05, 0) is 24.4 Å². The summed E-state index contributed by atoms with van der Waals surface area (Å²) in [7, 11) is 0.